The molecule has 0 spiro atoms. The second kappa shape index (κ2) is 8.30. The van der Waals surface area contributed by atoms with Gasteiger partial charge in [-0.15, -0.1) is 0 Å². The quantitative estimate of drug-likeness (QED) is 0.557. The topological polar surface area (TPSA) is 77.0 Å². The van der Waals surface area contributed by atoms with E-state index in [9.17, 15) is 9.90 Å². The Kier molecular flexibility index (Phi) is 5.53. The van der Waals surface area contributed by atoms with Crippen LogP contribution in [0.1, 0.15) is 29.8 Å². The highest BCUT2D eigenvalue weighted by molar-refractivity contribution is 6.06. The lowest BCUT2D eigenvalue weighted by molar-refractivity contribution is 0.102. The van der Waals surface area contributed by atoms with Crippen molar-refractivity contribution < 1.29 is 24.1 Å². The van der Waals surface area contributed by atoms with Crippen molar-refractivity contribution in [2.75, 3.05) is 19.5 Å². The molecule has 0 unspecified atom stereocenters. The van der Waals surface area contributed by atoms with E-state index in [0.717, 1.165) is 16.7 Å². The van der Waals surface area contributed by atoms with Gasteiger partial charge in [0.1, 0.15) is 17.1 Å². The van der Waals surface area contributed by atoms with Crippen LogP contribution in [0.4, 0.5) is 5.69 Å². The van der Waals surface area contributed by atoms with Gasteiger partial charge in [-0.3, -0.25) is 4.79 Å². The monoisotopic (exact) mass is 431 g/mol. The van der Waals surface area contributed by atoms with Crippen LogP contribution in [0.5, 0.6) is 23.0 Å². The third-order valence-electron chi connectivity index (χ3n) is 5.23. The first-order valence-electron chi connectivity index (χ1n) is 10.2. The molecule has 32 heavy (non-hydrogen) atoms. The Bertz CT molecular complexity index is 1210. The lowest BCUT2D eigenvalue weighted by atomic mass is 9.93. The normalized spacial score (nSPS) is 13.6. The number of hydrogen-bond acceptors (Lipinski definition) is 5. The number of ether oxygens (including phenoxy) is 3. The van der Waals surface area contributed by atoms with Crippen LogP contribution in [0.2, 0.25) is 0 Å². The Hall–Kier alpha value is -3.93. The molecule has 0 aliphatic carbocycles. The largest absolute Gasteiger partial charge is 0.504 e. The van der Waals surface area contributed by atoms with Gasteiger partial charge < -0.3 is 24.6 Å². The number of nitrogens with one attached hydrogen (secondary N) is 1. The number of hydrogen-bond donors (Lipinski definition) is 2. The van der Waals surface area contributed by atoms with Crippen LogP contribution in [-0.4, -0.2) is 30.8 Å². The highest BCUT2D eigenvalue weighted by atomic mass is 16.5. The molecule has 3 aromatic rings. The molecule has 1 aliphatic heterocycles. The molecule has 0 aromatic heterocycles. The number of carbonyl (C=O) groups excluding carboxylic acids is 1. The van der Waals surface area contributed by atoms with Crippen LogP contribution < -0.4 is 19.5 Å². The molecule has 0 bridgehead atoms. The minimum Gasteiger partial charge on any atom is -0.504 e. The summed E-state index contributed by atoms with van der Waals surface area (Å²) in [6.07, 6.45) is 3.94. The van der Waals surface area contributed by atoms with E-state index in [-0.39, 0.29) is 11.7 Å². The number of aromatic hydroxyl groups is 1. The number of rotatable bonds is 5. The standard InChI is InChI=1S/C26H25NO5/c1-26(2)11-10-17-12-18(25(29)27-19-8-9-23(31-4)22(28)15-19)14-21(24(17)32-26)16-6-5-7-20(13-16)30-3/h5-15,28H,1-4H3,(H,27,29). The van der Waals surface area contributed by atoms with Crippen LogP contribution in [-0.2, 0) is 0 Å². The average molecular weight is 431 g/mol. The van der Waals surface area contributed by atoms with E-state index in [1.54, 1.807) is 25.3 Å². The van der Waals surface area contributed by atoms with E-state index in [4.69, 9.17) is 14.2 Å². The lowest BCUT2D eigenvalue weighted by Crippen LogP contribution is -2.28. The van der Waals surface area contributed by atoms with Gasteiger partial charge in [-0.25, -0.2) is 0 Å². The van der Waals surface area contributed by atoms with Crippen molar-refractivity contribution in [3.05, 3.63) is 71.8 Å². The molecule has 0 radical (unpaired) electrons. The number of phenols is 1. The van der Waals surface area contributed by atoms with Gasteiger partial charge in [-0.05, 0) is 61.9 Å². The minimum atomic E-state index is -0.467. The zero-order chi connectivity index (χ0) is 22.9. The number of phenolic OH excluding ortho intramolecular Hbond substituents is 1. The third-order valence-corrected chi connectivity index (χ3v) is 5.23. The summed E-state index contributed by atoms with van der Waals surface area (Å²) in [7, 11) is 3.09. The van der Waals surface area contributed by atoms with Gasteiger partial charge in [0.2, 0.25) is 0 Å². The van der Waals surface area contributed by atoms with Crippen LogP contribution in [0.3, 0.4) is 0 Å². The van der Waals surface area contributed by atoms with Gasteiger partial charge in [0.05, 0.1) is 14.2 Å². The van der Waals surface area contributed by atoms with E-state index in [1.165, 1.54) is 13.2 Å². The summed E-state index contributed by atoms with van der Waals surface area (Å²) in [5.74, 6) is 1.41. The molecule has 6 nitrogen and oxygen atoms in total. The predicted octanol–water partition coefficient (Wildman–Crippen LogP) is 5.51. The second-order valence-electron chi connectivity index (χ2n) is 8.05. The maximum Gasteiger partial charge on any atom is 0.255 e. The minimum absolute atomic E-state index is 0.0497. The molecule has 3 aromatic carbocycles. The number of fused-ring (bicyclic) bond motifs is 1. The molecule has 0 atom stereocenters. The van der Waals surface area contributed by atoms with E-state index in [0.29, 0.717) is 28.5 Å². The molecule has 1 amide bonds. The second-order valence-corrected chi connectivity index (χ2v) is 8.05. The Morgan fingerprint density at radius 3 is 2.56 bits per heavy atom. The molecule has 164 valence electrons. The number of benzene rings is 3. The zero-order valence-corrected chi connectivity index (χ0v) is 18.4. The third kappa shape index (κ3) is 4.25. The van der Waals surface area contributed by atoms with E-state index >= 15 is 0 Å². The van der Waals surface area contributed by atoms with Crippen molar-refractivity contribution in [3.8, 4) is 34.1 Å². The average Bonchev–Trinajstić information content (AvgIpc) is 2.78. The SMILES string of the molecule is COc1cccc(-c2cc(C(=O)Nc3ccc(OC)c(O)c3)cc3c2OC(C)(C)C=C3)c1. The van der Waals surface area contributed by atoms with Crippen LogP contribution in [0.15, 0.2) is 60.7 Å². The number of methoxy groups -OCH3 is 2. The molecule has 0 saturated carbocycles. The maximum atomic E-state index is 13.1. The van der Waals surface area contributed by atoms with Crippen molar-refractivity contribution >= 4 is 17.7 Å². The summed E-state index contributed by atoms with van der Waals surface area (Å²) in [5.41, 5.74) is 2.94. The molecular formula is C26H25NO5. The van der Waals surface area contributed by atoms with Crippen molar-refractivity contribution in [1.82, 2.24) is 0 Å². The van der Waals surface area contributed by atoms with Crippen LogP contribution in [0.25, 0.3) is 17.2 Å². The predicted molar refractivity (Wildman–Crippen MR) is 125 cm³/mol. The molecule has 1 aliphatic rings. The van der Waals surface area contributed by atoms with Crippen molar-refractivity contribution in [1.29, 1.82) is 0 Å². The van der Waals surface area contributed by atoms with Gasteiger partial charge in [0, 0.05) is 28.4 Å². The van der Waals surface area contributed by atoms with Crippen molar-refractivity contribution in [3.63, 3.8) is 0 Å². The number of amides is 1. The van der Waals surface area contributed by atoms with E-state index in [1.807, 2.05) is 56.3 Å². The van der Waals surface area contributed by atoms with Gasteiger partial charge in [-0.1, -0.05) is 18.2 Å². The van der Waals surface area contributed by atoms with E-state index < -0.39 is 5.60 Å². The zero-order valence-electron chi connectivity index (χ0n) is 18.4. The first kappa shape index (κ1) is 21.3. The highest BCUT2D eigenvalue weighted by Crippen LogP contribution is 2.41. The van der Waals surface area contributed by atoms with E-state index in [2.05, 4.69) is 5.32 Å². The molecule has 4 rings (SSSR count). The summed E-state index contributed by atoms with van der Waals surface area (Å²) >= 11 is 0. The first-order valence-corrected chi connectivity index (χ1v) is 10.2. The fraction of sp³-hybridized carbons (Fsp3) is 0.192. The summed E-state index contributed by atoms with van der Waals surface area (Å²) in [5, 5.41) is 12.8. The molecular weight excluding hydrogens is 406 g/mol. The Balaban J connectivity index is 1.76. The lowest BCUT2D eigenvalue weighted by Gasteiger charge is -2.30. The molecule has 0 saturated heterocycles. The van der Waals surface area contributed by atoms with Gasteiger partial charge >= 0.3 is 0 Å². The van der Waals surface area contributed by atoms with Gasteiger partial charge in [-0.2, -0.15) is 0 Å². The van der Waals surface area contributed by atoms with Crippen LogP contribution >= 0.6 is 0 Å². The Morgan fingerprint density at radius 1 is 1.03 bits per heavy atom. The van der Waals surface area contributed by atoms with Crippen molar-refractivity contribution in [2.45, 2.75) is 19.4 Å². The van der Waals surface area contributed by atoms with Gasteiger partial charge in [0.15, 0.2) is 11.5 Å². The molecule has 6 heteroatoms. The number of anilines is 1. The smallest absolute Gasteiger partial charge is 0.255 e. The van der Waals surface area contributed by atoms with Gasteiger partial charge in [0.25, 0.3) is 5.91 Å². The summed E-state index contributed by atoms with van der Waals surface area (Å²) in [4.78, 5) is 13.1. The molecule has 2 N–H and O–H groups in total. The highest BCUT2D eigenvalue weighted by Gasteiger charge is 2.26. The summed E-state index contributed by atoms with van der Waals surface area (Å²) < 4.78 is 16.7. The first-order chi connectivity index (χ1) is 15.3. The maximum absolute atomic E-state index is 13.1. The molecule has 0 fully saturated rings. The number of carbonyl (C=O) groups is 1. The van der Waals surface area contributed by atoms with Crippen molar-refractivity contribution in [2.24, 2.45) is 0 Å². The summed E-state index contributed by atoms with van der Waals surface area (Å²) in [6.45, 7) is 3.97. The Morgan fingerprint density at radius 2 is 1.84 bits per heavy atom. The summed E-state index contributed by atoms with van der Waals surface area (Å²) in [6, 6.07) is 15.9. The Labute approximate surface area is 187 Å². The van der Waals surface area contributed by atoms with Crippen LogP contribution in [0, 0.1) is 0 Å². The fourth-order valence-electron chi connectivity index (χ4n) is 3.58. The molecule has 1 heterocycles. The fourth-order valence-corrected chi connectivity index (χ4v) is 3.58.